The van der Waals surface area contributed by atoms with Gasteiger partial charge in [0.05, 0.1) is 11.4 Å². The van der Waals surface area contributed by atoms with Crippen molar-refractivity contribution in [1.29, 1.82) is 0 Å². The Labute approximate surface area is 174 Å². The molecule has 2 aliphatic heterocycles. The van der Waals surface area contributed by atoms with Gasteiger partial charge in [-0.15, -0.1) is 0 Å². The molecule has 3 aliphatic rings. The summed E-state index contributed by atoms with van der Waals surface area (Å²) in [7, 11) is -3.50. The molecule has 0 aromatic heterocycles. The van der Waals surface area contributed by atoms with E-state index in [4.69, 9.17) is 0 Å². The predicted octanol–water partition coefficient (Wildman–Crippen LogP) is 2.27. The number of amides is 1. The number of piperazine rings is 1. The number of hydrogen-bond acceptors (Lipinski definition) is 4. The lowest BCUT2D eigenvalue weighted by atomic mass is 9.92. The van der Waals surface area contributed by atoms with Gasteiger partial charge >= 0.3 is 0 Å². The molecule has 4 rings (SSSR count). The third-order valence-corrected chi connectivity index (χ3v) is 8.72. The van der Waals surface area contributed by atoms with E-state index < -0.39 is 10.0 Å². The van der Waals surface area contributed by atoms with Gasteiger partial charge in [0, 0.05) is 32.2 Å². The maximum absolute atomic E-state index is 13.1. The van der Waals surface area contributed by atoms with Crippen LogP contribution in [0.1, 0.15) is 50.2 Å². The van der Waals surface area contributed by atoms with Crippen LogP contribution in [0.25, 0.3) is 0 Å². The molecule has 0 radical (unpaired) electrons. The summed E-state index contributed by atoms with van der Waals surface area (Å²) in [5, 5.41) is 0. The van der Waals surface area contributed by atoms with E-state index >= 15 is 0 Å². The van der Waals surface area contributed by atoms with Crippen LogP contribution >= 0.6 is 0 Å². The average molecular weight is 420 g/mol. The van der Waals surface area contributed by atoms with Crippen LogP contribution in [-0.2, 0) is 27.7 Å². The number of sulfonamides is 1. The third kappa shape index (κ3) is 4.52. The molecule has 1 aliphatic carbocycles. The Hall–Kier alpha value is -1.44. The van der Waals surface area contributed by atoms with Crippen molar-refractivity contribution in [3.05, 3.63) is 29.3 Å². The molecule has 0 spiro atoms. The van der Waals surface area contributed by atoms with E-state index in [1.54, 1.807) is 10.4 Å². The lowest BCUT2D eigenvalue weighted by Crippen LogP contribution is -2.53. The SMILES string of the molecule is C[C@@H]1CCCCN1CC(=O)N1CCN(S(=O)(=O)c2ccc3c(c2)CCCC3)CC1. The van der Waals surface area contributed by atoms with Crippen LogP contribution in [0.15, 0.2) is 23.1 Å². The summed E-state index contributed by atoms with van der Waals surface area (Å²) in [6, 6.07) is 6.08. The van der Waals surface area contributed by atoms with Gasteiger partial charge in [-0.05, 0) is 75.3 Å². The molecule has 7 heteroatoms. The lowest BCUT2D eigenvalue weighted by Gasteiger charge is -2.37. The van der Waals surface area contributed by atoms with Crippen LogP contribution < -0.4 is 0 Å². The Morgan fingerprint density at radius 1 is 0.966 bits per heavy atom. The summed E-state index contributed by atoms with van der Waals surface area (Å²) < 4.78 is 27.8. The van der Waals surface area contributed by atoms with Gasteiger partial charge in [0.25, 0.3) is 0 Å². The van der Waals surface area contributed by atoms with Crippen molar-refractivity contribution in [2.24, 2.45) is 0 Å². The highest BCUT2D eigenvalue weighted by atomic mass is 32.2. The average Bonchev–Trinajstić information content (AvgIpc) is 2.75. The Morgan fingerprint density at radius 3 is 2.41 bits per heavy atom. The summed E-state index contributed by atoms with van der Waals surface area (Å²) in [5.74, 6) is 0.129. The highest BCUT2D eigenvalue weighted by Gasteiger charge is 2.31. The molecule has 0 saturated carbocycles. The van der Waals surface area contributed by atoms with Crippen molar-refractivity contribution < 1.29 is 13.2 Å². The van der Waals surface area contributed by atoms with Crippen LogP contribution in [0.2, 0.25) is 0 Å². The van der Waals surface area contributed by atoms with E-state index in [0.717, 1.165) is 38.6 Å². The second-order valence-corrected chi connectivity index (χ2v) is 10.7. The standard InChI is InChI=1S/C22H33N3O3S/c1-18-6-4-5-11-24(18)17-22(26)23-12-14-25(15-13-23)29(27,28)21-10-9-19-7-2-3-8-20(19)16-21/h9-10,16,18H,2-8,11-15,17H2,1H3/t18-/m1/s1. The number of rotatable bonds is 4. The highest BCUT2D eigenvalue weighted by Crippen LogP contribution is 2.26. The van der Waals surface area contributed by atoms with Gasteiger partial charge in [0.15, 0.2) is 0 Å². The zero-order valence-electron chi connectivity index (χ0n) is 17.5. The first-order valence-electron chi connectivity index (χ1n) is 11.1. The quantitative estimate of drug-likeness (QED) is 0.751. The van der Waals surface area contributed by atoms with E-state index in [-0.39, 0.29) is 5.91 Å². The molecule has 1 aromatic carbocycles. The Morgan fingerprint density at radius 2 is 1.69 bits per heavy atom. The van der Waals surface area contributed by atoms with Crippen molar-refractivity contribution in [1.82, 2.24) is 14.1 Å². The summed E-state index contributed by atoms with van der Waals surface area (Å²) in [4.78, 5) is 17.2. The van der Waals surface area contributed by atoms with Crippen LogP contribution in [0, 0.1) is 0 Å². The molecule has 0 N–H and O–H groups in total. The number of likely N-dealkylation sites (tertiary alicyclic amines) is 1. The van der Waals surface area contributed by atoms with Gasteiger partial charge in [-0.3, -0.25) is 9.69 Å². The first kappa shape index (κ1) is 20.8. The second kappa shape index (κ2) is 8.74. The fraction of sp³-hybridized carbons (Fsp3) is 0.682. The summed E-state index contributed by atoms with van der Waals surface area (Å²) in [5.41, 5.74) is 2.47. The number of benzene rings is 1. The van der Waals surface area contributed by atoms with Gasteiger partial charge in [-0.25, -0.2) is 8.42 Å². The van der Waals surface area contributed by atoms with Crippen LogP contribution in [0.5, 0.6) is 0 Å². The Kier molecular flexibility index (Phi) is 6.27. The number of carbonyl (C=O) groups is 1. The number of hydrogen-bond donors (Lipinski definition) is 0. The summed E-state index contributed by atoms with van der Waals surface area (Å²) >= 11 is 0. The number of nitrogens with zero attached hydrogens (tertiary/aromatic N) is 3. The number of fused-ring (bicyclic) bond motifs is 1. The smallest absolute Gasteiger partial charge is 0.243 e. The predicted molar refractivity (Wildman–Crippen MR) is 113 cm³/mol. The zero-order chi connectivity index (χ0) is 20.4. The number of piperidine rings is 1. The molecule has 160 valence electrons. The molecule has 2 saturated heterocycles. The minimum Gasteiger partial charge on any atom is -0.339 e. The van der Waals surface area contributed by atoms with Crippen molar-refractivity contribution >= 4 is 15.9 Å². The van der Waals surface area contributed by atoms with Crippen LogP contribution in [0.3, 0.4) is 0 Å². The van der Waals surface area contributed by atoms with E-state index in [9.17, 15) is 13.2 Å². The van der Waals surface area contributed by atoms with E-state index in [1.165, 1.54) is 24.0 Å². The normalized spacial score (nSPS) is 24.3. The maximum Gasteiger partial charge on any atom is 0.243 e. The van der Waals surface area contributed by atoms with E-state index in [0.29, 0.717) is 43.7 Å². The van der Waals surface area contributed by atoms with Crippen molar-refractivity contribution in [3.63, 3.8) is 0 Å². The monoisotopic (exact) mass is 419 g/mol. The van der Waals surface area contributed by atoms with Gasteiger partial charge in [-0.2, -0.15) is 4.31 Å². The fourth-order valence-electron chi connectivity index (χ4n) is 4.86. The zero-order valence-corrected chi connectivity index (χ0v) is 18.3. The molecule has 0 unspecified atom stereocenters. The first-order chi connectivity index (χ1) is 13.9. The summed E-state index contributed by atoms with van der Waals surface area (Å²) in [6.07, 6.45) is 7.88. The molecule has 1 atom stereocenters. The molecule has 29 heavy (non-hydrogen) atoms. The molecular weight excluding hydrogens is 386 g/mol. The number of carbonyl (C=O) groups excluding carboxylic acids is 1. The second-order valence-electron chi connectivity index (χ2n) is 8.74. The molecule has 2 fully saturated rings. The van der Waals surface area contributed by atoms with Gasteiger partial charge < -0.3 is 4.90 Å². The van der Waals surface area contributed by atoms with Crippen molar-refractivity contribution in [2.75, 3.05) is 39.3 Å². The number of aryl methyl sites for hydroxylation is 2. The Bertz CT molecular complexity index is 847. The van der Waals surface area contributed by atoms with Crippen LogP contribution in [-0.4, -0.2) is 73.7 Å². The maximum atomic E-state index is 13.1. The third-order valence-electron chi connectivity index (χ3n) is 6.83. The Balaban J connectivity index is 1.36. The molecule has 2 heterocycles. The minimum absolute atomic E-state index is 0.129. The van der Waals surface area contributed by atoms with Gasteiger partial charge in [0.2, 0.25) is 15.9 Å². The first-order valence-corrected chi connectivity index (χ1v) is 12.5. The molecular formula is C22H33N3O3S. The largest absolute Gasteiger partial charge is 0.339 e. The van der Waals surface area contributed by atoms with Gasteiger partial charge in [-0.1, -0.05) is 12.5 Å². The molecule has 1 amide bonds. The van der Waals surface area contributed by atoms with Gasteiger partial charge in [0.1, 0.15) is 0 Å². The molecule has 0 bridgehead atoms. The topological polar surface area (TPSA) is 60.9 Å². The molecule has 1 aromatic rings. The molecule has 6 nitrogen and oxygen atoms in total. The van der Waals surface area contributed by atoms with E-state index in [1.807, 2.05) is 17.0 Å². The summed E-state index contributed by atoms with van der Waals surface area (Å²) in [6.45, 7) is 5.34. The lowest BCUT2D eigenvalue weighted by molar-refractivity contribution is -0.134. The van der Waals surface area contributed by atoms with E-state index in [2.05, 4.69) is 11.8 Å². The van der Waals surface area contributed by atoms with Crippen molar-refractivity contribution in [3.8, 4) is 0 Å². The highest BCUT2D eigenvalue weighted by molar-refractivity contribution is 7.89. The minimum atomic E-state index is -3.50. The fourth-order valence-corrected chi connectivity index (χ4v) is 6.34. The van der Waals surface area contributed by atoms with Crippen LogP contribution in [0.4, 0.5) is 0 Å². The van der Waals surface area contributed by atoms with Crippen molar-refractivity contribution in [2.45, 2.75) is 62.8 Å².